The highest BCUT2D eigenvalue weighted by Crippen LogP contribution is 2.37. The Morgan fingerprint density at radius 2 is 1.58 bits per heavy atom. The van der Waals surface area contributed by atoms with Crippen molar-refractivity contribution in [1.82, 2.24) is 0 Å². The van der Waals surface area contributed by atoms with Crippen molar-refractivity contribution in [3.8, 4) is 22.3 Å². The third kappa shape index (κ3) is 6.26. The number of hydrogen-bond acceptors (Lipinski definition) is 3. The molecular weight excluding hydrogens is 422 g/mol. The minimum absolute atomic E-state index is 0.0235. The fourth-order valence-electron chi connectivity index (χ4n) is 3.74. The van der Waals surface area contributed by atoms with Crippen molar-refractivity contribution >= 4 is 5.97 Å². The van der Waals surface area contributed by atoms with E-state index >= 15 is 4.39 Å². The monoisotopic (exact) mass is 452 g/mol. The van der Waals surface area contributed by atoms with Gasteiger partial charge in [-0.15, -0.1) is 0 Å². The van der Waals surface area contributed by atoms with Crippen molar-refractivity contribution in [3.63, 3.8) is 0 Å². The van der Waals surface area contributed by atoms with Gasteiger partial charge in [-0.3, -0.25) is 4.89 Å². The molecule has 0 heterocycles. The van der Waals surface area contributed by atoms with Crippen LogP contribution in [0.3, 0.4) is 0 Å². The lowest BCUT2D eigenvalue weighted by Gasteiger charge is -2.15. The molecule has 0 aliphatic rings. The van der Waals surface area contributed by atoms with Crippen LogP contribution in [-0.4, -0.2) is 12.6 Å². The number of aryl methyl sites for hydroxylation is 1. The molecular formula is C28H30F2O3. The van der Waals surface area contributed by atoms with Crippen molar-refractivity contribution < 1.29 is 23.4 Å². The van der Waals surface area contributed by atoms with Crippen LogP contribution in [0.1, 0.15) is 61.9 Å². The van der Waals surface area contributed by atoms with Gasteiger partial charge in [-0.2, -0.15) is 4.89 Å². The molecule has 0 atom stereocenters. The molecule has 0 aliphatic heterocycles. The number of rotatable bonds is 11. The highest BCUT2D eigenvalue weighted by atomic mass is 19.1. The predicted octanol–water partition coefficient (Wildman–Crippen LogP) is 7.92. The quantitative estimate of drug-likeness (QED) is 0.168. The summed E-state index contributed by atoms with van der Waals surface area (Å²) in [5.41, 5.74) is 1.83. The van der Waals surface area contributed by atoms with E-state index in [2.05, 4.69) is 6.92 Å². The Hall–Kier alpha value is -3.05. The van der Waals surface area contributed by atoms with Crippen molar-refractivity contribution in [1.29, 1.82) is 0 Å². The van der Waals surface area contributed by atoms with Gasteiger partial charge in [0.2, 0.25) is 0 Å². The first-order valence-electron chi connectivity index (χ1n) is 11.6. The Kier molecular flexibility index (Phi) is 9.14. The second-order valence-electron chi connectivity index (χ2n) is 7.99. The summed E-state index contributed by atoms with van der Waals surface area (Å²) in [5, 5.41) is 0. The molecule has 0 spiro atoms. The van der Waals surface area contributed by atoms with E-state index < -0.39 is 17.6 Å². The van der Waals surface area contributed by atoms with Crippen LogP contribution in [0.2, 0.25) is 0 Å². The summed E-state index contributed by atoms with van der Waals surface area (Å²) in [6.07, 6.45) is 5.77. The maximum absolute atomic E-state index is 15.7. The summed E-state index contributed by atoms with van der Waals surface area (Å²) in [7, 11) is 0. The van der Waals surface area contributed by atoms with E-state index in [0.29, 0.717) is 17.5 Å². The smallest absolute Gasteiger partial charge is 0.293 e. The molecule has 0 unspecified atom stereocenters. The summed E-state index contributed by atoms with van der Waals surface area (Å²) in [6, 6.07) is 16.8. The first-order chi connectivity index (χ1) is 16.1. The van der Waals surface area contributed by atoms with Crippen LogP contribution in [0.15, 0.2) is 60.7 Å². The van der Waals surface area contributed by atoms with Crippen LogP contribution >= 0.6 is 0 Å². The van der Waals surface area contributed by atoms with Gasteiger partial charge in [-0.05, 0) is 41.7 Å². The molecule has 5 heteroatoms. The third-order valence-corrected chi connectivity index (χ3v) is 5.62. The van der Waals surface area contributed by atoms with Crippen LogP contribution in [0, 0.1) is 11.6 Å². The molecule has 174 valence electrons. The van der Waals surface area contributed by atoms with Gasteiger partial charge >= 0.3 is 5.97 Å². The summed E-state index contributed by atoms with van der Waals surface area (Å²) in [5.74, 6) is -2.32. The molecule has 0 bridgehead atoms. The van der Waals surface area contributed by atoms with Crippen molar-refractivity contribution in [2.24, 2.45) is 0 Å². The molecule has 3 aromatic rings. The second kappa shape index (κ2) is 12.3. The first-order valence-corrected chi connectivity index (χ1v) is 11.6. The molecule has 0 amide bonds. The lowest BCUT2D eigenvalue weighted by atomic mass is 9.91. The van der Waals surface area contributed by atoms with Gasteiger partial charge in [0.25, 0.3) is 0 Å². The molecule has 0 saturated heterocycles. The summed E-state index contributed by atoms with van der Waals surface area (Å²) in [4.78, 5) is 22.4. The highest BCUT2D eigenvalue weighted by Gasteiger charge is 2.24. The molecule has 3 aromatic carbocycles. The second-order valence-corrected chi connectivity index (χ2v) is 7.99. The van der Waals surface area contributed by atoms with Gasteiger partial charge in [0.15, 0.2) is 0 Å². The van der Waals surface area contributed by atoms with E-state index in [1.807, 2.05) is 37.3 Å². The van der Waals surface area contributed by atoms with Gasteiger partial charge in [0.05, 0.1) is 12.2 Å². The number of halogens is 2. The summed E-state index contributed by atoms with van der Waals surface area (Å²) in [6.45, 7) is 4.30. The minimum Gasteiger partial charge on any atom is -0.293 e. The molecule has 0 saturated carbocycles. The number of carbonyl (C=O) groups is 1. The zero-order valence-corrected chi connectivity index (χ0v) is 19.2. The molecule has 0 aromatic heterocycles. The number of carbonyl (C=O) groups excluding carboxylic acids is 1. The summed E-state index contributed by atoms with van der Waals surface area (Å²) >= 11 is 0. The van der Waals surface area contributed by atoms with Crippen LogP contribution in [0.5, 0.6) is 0 Å². The minimum atomic E-state index is -0.937. The van der Waals surface area contributed by atoms with E-state index in [-0.39, 0.29) is 23.3 Å². The molecule has 0 fully saturated rings. The Morgan fingerprint density at radius 3 is 2.27 bits per heavy atom. The largest absolute Gasteiger partial charge is 0.376 e. The molecule has 0 aliphatic carbocycles. The van der Waals surface area contributed by atoms with Gasteiger partial charge in [0.1, 0.15) is 11.6 Å². The lowest BCUT2D eigenvalue weighted by molar-refractivity contribution is -0.241. The van der Waals surface area contributed by atoms with Gasteiger partial charge in [-0.25, -0.2) is 13.6 Å². The maximum Gasteiger partial charge on any atom is 0.376 e. The highest BCUT2D eigenvalue weighted by molar-refractivity contribution is 5.95. The number of unbranched alkanes of at least 4 members (excludes halogenated alkanes) is 4. The lowest BCUT2D eigenvalue weighted by Crippen LogP contribution is -2.10. The predicted molar refractivity (Wildman–Crippen MR) is 127 cm³/mol. The van der Waals surface area contributed by atoms with Gasteiger partial charge in [0, 0.05) is 11.1 Å². The van der Waals surface area contributed by atoms with E-state index in [1.165, 1.54) is 12.1 Å². The standard InChI is InChI=1S/C28H30F2O3/c1-3-5-6-7-11-18-32-33-28(31)24-17-16-22(21-12-9-8-10-13-21)26(27(24)30)23-15-14-20(4-2)19-25(23)29/h8-10,12-17,19H,3-7,11,18H2,1-2H3. The fourth-order valence-corrected chi connectivity index (χ4v) is 3.74. The van der Waals surface area contributed by atoms with Crippen molar-refractivity contribution in [2.75, 3.05) is 6.61 Å². The van der Waals surface area contributed by atoms with Crippen LogP contribution < -0.4 is 0 Å². The van der Waals surface area contributed by atoms with Crippen molar-refractivity contribution in [3.05, 3.63) is 83.4 Å². The van der Waals surface area contributed by atoms with Crippen molar-refractivity contribution in [2.45, 2.75) is 52.4 Å². The zero-order chi connectivity index (χ0) is 23.6. The third-order valence-electron chi connectivity index (χ3n) is 5.62. The van der Waals surface area contributed by atoms with E-state index in [4.69, 9.17) is 9.78 Å². The Bertz CT molecular complexity index is 1060. The molecule has 3 nitrogen and oxygen atoms in total. The zero-order valence-electron chi connectivity index (χ0n) is 19.2. The fraction of sp³-hybridized carbons (Fsp3) is 0.321. The Morgan fingerprint density at radius 1 is 0.848 bits per heavy atom. The Balaban J connectivity index is 1.90. The van der Waals surface area contributed by atoms with E-state index in [9.17, 15) is 9.18 Å². The average Bonchev–Trinajstić information content (AvgIpc) is 2.84. The van der Waals surface area contributed by atoms with Gasteiger partial charge < -0.3 is 0 Å². The average molecular weight is 453 g/mol. The number of hydrogen-bond donors (Lipinski definition) is 0. The topological polar surface area (TPSA) is 35.5 Å². The number of benzene rings is 3. The normalized spacial score (nSPS) is 10.9. The van der Waals surface area contributed by atoms with Crippen LogP contribution in [-0.2, 0) is 16.2 Å². The maximum atomic E-state index is 15.7. The first kappa shape index (κ1) is 24.6. The Labute approximate surface area is 194 Å². The van der Waals surface area contributed by atoms with E-state index in [1.54, 1.807) is 18.2 Å². The van der Waals surface area contributed by atoms with Gasteiger partial charge in [-0.1, -0.05) is 88.1 Å². The molecule has 33 heavy (non-hydrogen) atoms. The molecule has 0 radical (unpaired) electrons. The van der Waals surface area contributed by atoms with E-state index in [0.717, 1.165) is 37.7 Å². The van der Waals surface area contributed by atoms with Crippen LogP contribution in [0.4, 0.5) is 8.78 Å². The summed E-state index contributed by atoms with van der Waals surface area (Å²) < 4.78 is 30.7. The molecule has 3 rings (SSSR count). The SMILES string of the molecule is CCCCCCCOOC(=O)c1ccc(-c2ccccc2)c(-c2ccc(CC)cc2F)c1F. The molecule has 0 N–H and O–H groups in total. The van der Waals surface area contributed by atoms with Crippen LogP contribution in [0.25, 0.3) is 22.3 Å².